The van der Waals surface area contributed by atoms with Crippen molar-refractivity contribution in [3.8, 4) is 11.5 Å². The van der Waals surface area contributed by atoms with Gasteiger partial charge in [0.05, 0.1) is 20.2 Å². The van der Waals surface area contributed by atoms with Crippen molar-refractivity contribution in [2.24, 2.45) is 0 Å². The molecule has 0 aliphatic carbocycles. The van der Waals surface area contributed by atoms with E-state index in [1.165, 1.54) is 0 Å². The van der Waals surface area contributed by atoms with Crippen LogP contribution in [0.25, 0.3) is 0 Å². The number of benzene rings is 1. The van der Waals surface area contributed by atoms with Gasteiger partial charge in [-0.3, -0.25) is 0 Å². The van der Waals surface area contributed by atoms with Gasteiger partial charge in [0.2, 0.25) is 0 Å². The molecule has 1 aromatic carbocycles. The Hall–Kier alpha value is -2.83. The quantitative estimate of drug-likeness (QED) is 0.895. The van der Waals surface area contributed by atoms with Crippen LogP contribution in [-0.4, -0.2) is 46.7 Å². The zero-order valence-corrected chi connectivity index (χ0v) is 16.3. The smallest absolute Gasteiger partial charge is 0.317 e. The SMILES string of the molecule is COc1ccc2c(c1)OC(C)(C)CN(C(=O)NCCc1ncc(C)cn1)C2. The van der Waals surface area contributed by atoms with Gasteiger partial charge in [0.15, 0.2) is 0 Å². The normalized spacial score (nSPS) is 15.3. The zero-order chi connectivity index (χ0) is 19.4. The summed E-state index contributed by atoms with van der Waals surface area (Å²) in [6.45, 7) is 7.34. The second-order valence-electron chi connectivity index (χ2n) is 7.35. The summed E-state index contributed by atoms with van der Waals surface area (Å²) in [5.41, 5.74) is 1.47. The minimum absolute atomic E-state index is 0.123. The fourth-order valence-electron chi connectivity index (χ4n) is 3.02. The van der Waals surface area contributed by atoms with Crippen LogP contribution >= 0.6 is 0 Å². The highest BCUT2D eigenvalue weighted by atomic mass is 16.5. The Bertz CT molecular complexity index is 805. The molecule has 1 aromatic heterocycles. The molecule has 0 bridgehead atoms. The van der Waals surface area contributed by atoms with Gasteiger partial charge in [-0.1, -0.05) is 0 Å². The number of aromatic nitrogens is 2. The van der Waals surface area contributed by atoms with Crippen LogP contribution < -0.4 is 14.8 Å². The van der Waals surface area contributed by atoms with Crippen LogP contribution in [0.5, 0.6) is 11.5 Å². The molecular formula is C20H26N4O3. The minimum Gasteiger partial charge on any atom is -0.497 e. The Balaban J connectivity index is 1.65. The second kappa shape index (κ2) is 7.82. The molecule has 1 aliphatic rings. The molecule has 7 heteroatoms. The van der Waals surface area contributed by atoms with Crippen LogP contribution in [0.3, 0.4) is 0 Å². The first kappa shape index (κ1) is 18.9. The number of amides is 2. The summed E-state index contributed by atoms with van der Waals surface area (Å²) >= 11 is 0. The van der Waals surface area contributed by atoms with Crippen LogP contribution in [0.15, 0.2) is 30.6 Å². The number of nitrogens with zero attached hydrogens (tertiary/aromatic N) is 3. The molecule has 144 valence electrons. The molecule has 0 radical (unpaired) electrons. The van der Waals surface area contributed by atoms with E-state index in [0.717, 1.165) is 28.5 Å². The first-order chi connectivity index (χ1) is 12.9. The van der Waals surface area contributed by atoms with Gasteiger partial charge >= 0.3 is 6.03 Å². The van der Waals surface area contributed by atoms with Crippen molar-refractivity contribution in [2.45, 2.75) is 39.3 Å². The van der Waals surface area contributed by atoms with Crippen molar-refractivity contribution in [3.63, 3.8) is 0 Å². The fraction of sp³-hybridized carbons (Fsp3) is 0.450. The van der Waals surface area contributed by atoms with Crippen molar-refractivity contribution in [1.82, 2.24) is 20.2 Å². The van der Waals surface area contributed by atoms with Gasteiger partial charge < -0.3 is 19.7 Å². The van der Waals surface area contributed by atoms with E-state index in [4.69, 9.17) is 9.47 Å². The molecule has 0 atom stereocenters. The second-order valence-corrected chi connectivity index (χ2v) is 7.35. The van der Waals surface area contributed by atoms with E-state index in [-0.39, 0.29) is 6.03 Å². The molecule has 0 unspecified atom stereocenters. The lowest BCUT2D eigenvalue weighted by Crippen LogP contribution is -2.47. The van der Waals surface area contributed by atoms with E-state index in [9.17, 15) is 4.79 Å². The third kappa shape index (κ3) is 4.87. The summed E-state index contributed by atoms with van der Waals surface area (Å²) in [6.07, 6.45) is 4.15. The third-order valence-electron chi connectivity index (χ3n) is 4.34. The van der Waals surface area contributed by atoms with Crippen LogP contribution in [0.1, 0.15) is 30.8 Å². The Morgan fingerprint density at radius 3 is 2.78 bits per heavy atom. The predicted octanol–water partition coefficient (Wildman–Crippen LogP) is 2.72. The fourth-order valence-corrected chi connectivity index (χ4v) is 3.02. The highest BCUT2D eigenvalue weighted by Crippen LogP contribution is 2.32. The topological polar surface area (TPSA) is 76.6 Å². The molecule has 2 heterocycles. The maximum absolute atomic E-state index is 12.7. The van der Waals surface area contributed by atoms with Gasteiger partial charge in [-0.15, -0.1) is 0 Å². The van der Waals surface area contributed by atoms with Crippen molar-refractivity contribution < 1.29 is 14.3 Å². The van der Waals surface area contributed by atoms with Gasteiger partial charge in [0.25, 0.3) is 0 Å². The Morgan fingerprint density at radius 2 is 2.07 bits per heavy atom. The molecule has 2 amide bonds. The summed E-state index contributed by atoms with van der Waals surface area (Å²) in [5.74, 6) is 2.21. The van der Waals surface area contributed by atoms with Gasteiger partial charge in [-0.2, -0.15) is 0 Å². The zero-order valence-electron chi connectivity index (χ0n) is 16.3. The largest absolute Gasteiger partial charge is 0.497 e. The molecule has 1 N–H and O–H groups in total. The lowest BCUT2D eigenvalue weighted by molar-refractivity contribution is 0.0806. The molecule has 7 nitrogen and oxygen atoms in total. The molecule has 2 aromatic rings. The van der Waals surface area contributed by atoms with Gasteiger partial charge in [0.1, 0.15) is 22.9 Å². The number of fused-ring (bicyclic) bond motifs is 1. The number of rotatable bonds is 4. The lowest BCUT2D eigenvalue weighted by atomic mass is 10.1. The maximum atomic E-state index is 12.7. The van der Waals surface area contributed by atoms with Gasteiger partial charge in [-0.05, 0) is 38.5 Å². The highest BCUT2D eigenvalue weighted by Gasteiger charge is 2.31. The number of ether oxygens (including phenoxy) is 2. The van der Waals surface area contributed by atoms with Crippen LogP contribution in [0.2, 0.25) is 0 Å². The maximum Gasteiger partial charge on any atom is 0.317 e. The molecule has 3 rings (SSSR count). The molecule has 1 aliphatic heterocycles. The average Bonchev–Trinajstić information content (AvgIpc) is 2.77. The number of hydrogen-bond donors (Lipinski definition) is 1. The molecule has 0 fully saturated rings. The first-order valence-electron chi connectivity index (χ1n) is 9.02. The van der Waals surface area contributed by atoms with Crippen molar-refractivity contribution in [2.75, 3.05) is 20.2 Å². The van der Waals surface area contributed by atoms with Gasteiger partial charge in [-0.25, -0.2) is 14.8 Å². The monoisotopic (exact) mass is 370 g/mol. The number of carbonyl (C=O) groups is 1. The summed E-state index contributed by atoms with van der Waals surface area (Å²) in [7, 11) is 1.63. The van der Waals surface area contributed by atoms with Crippen LogP contribution in [0, 0.1) is 6.92 Å². The number of carbonyl (C=O) groups excluding carboxylic acids is 1. The standard InChI is InChI=1S/C20H26N4O3/c1-14-10-22-18(23-11-14)7-8-21-19(25)24-12-15-5-6-16(26-4)9-17(15)27-20(2,3)13-24/h5-6,9-11H,7-8,12-13H2,1-4H3,(H,21,25). The number of urea groups is 1. The molecule has 0 saturated carbocycles. The molecular weight excluding hydrogens is 344 g/mol. The first-order valence-corrected chi connectivity index (χ1v) is 9.02. The lowest BCUT2D eigenvalue weighted by Gasteiger charge is -2.29. The van der Waals surface area contributed by atoms with Crippen molar-refractivity contribution in [1.29, 1.82) is 0 Å². The summed E-state index contributed by atoms with van der Waals surface area (Å²) in [4.78, 5) is 23.0. The molecule has 0 spiro atoms. The average molecular weight is 370 g/mol. The van der Waals surface area contributed by atoms with Crippen LogP contribution in [-0.2, 0) is 13.0 Å². The van der Waals surface area contributed by atoms with E-state index >= 15 is 0 Å². The third-order valence-corrected chi connectivity index (χ3v) is 4.34. The van der Waals surface area contributed by atoms with E-state index < -0.39 is 5.60 Å². The number of methoxy groups -OCH3 is 1. The highest BCUT2D eigenvalue weighted by molar-refractivity contribution is 5.74. The van der Waals surface area contributed by atoms with Crippen LogP contribution in [0.4, 0.5) is 4.79 Å². The van der Waals surface area contributed by atoms with E-state index in [2.05, 4.69) is 15.3 Å². The van der Waals surface area contributed by atoms with Crippen molar-refractivity contribution >= 4 is 6.03 Å². The van der Waals surface area contributed by atoms with E-state index in [1.807, 2.05) is 39.0 Å². The number of aryl methyl sites for hydroxylation is 1. The van der Waals surface area contributed by atoms with Gasteiger partial charge in [0, 0.05) is 37.0 Å². The predicted molar refractivity (Wildman–Crippen MR) is 102 cm³/mol. The molecule has 27 heavy (non-hydrogen) atoms. The van der Waals surface area contributed by atoms with E-state index in [0.29, 0.717) is 26.1 Å². The van der Waals surface area contributed by atoms with E-state index in [1.54, 1.807) is 24.4 Å². The summed E-state index contributed by atoms with van der Waals surface area (Å²) in [5, 5.41) is 2.96. The Labute approximate surface area is 159 Å². The Kier molecular flexibility index (Phi) is 5.48. The van der Waals surface area contributed by atoms with Crippen molar-refractivity contribution in [3.05, 3.63) is 47.5 Å². The number of hydrogen-bond acceptors (Lipinski definition) is 5. The summed E-state index contributed by atoms with van der Waals surface area (Å²) < 4.78 is 11.4. The minimum atomic E-state index is -0.505. The summed E-state index contributed by atoms with van der Waals surface area (Å²) in [6, 6.07) is 5.57. The number of nitrogens with one attached hydrogen (secondary N) is 1. The Morgan fingerprint density at radius 1 is 1.33 bits per heavy atom. The molecule has 0 saturated heterocycles.